The van der Waals surface area contributed by atoms with E-state index in [1.807, 2.05) is 12.1 Å². The molecule has 0 saturated carbocycles. The van der Waals surface area contributed by atoms with Crippen molar-refractivity contribution in [3.8, 4) is 0 Å². The Morgan fingerprint density at radius 1 is 1.26 bits per heavy atom. The summed E-state index contributed by atoms with van der Waals surface area (Å²) >= 11 is 0. The van der Waals surface area contributed by atoms with Crippen molar-refractivity contribution in [1.29, 1.82) is 5.41 Å². The van der Waals surface area contributed by atoms with Crippen LogP contribution in [-0.4, -0.2) is 27.0 Å². The maximum absolute atomic E-state index is 12.3. The molecule has 2 aromatic heterocycles. The van der Waals surface area contributed by atoms with Crippen molar-refractivity contribution in [3.05, 3.63) is 53.9 Å². The minimum absolute atomic E-state index is 0.0892. The number of nitrogens with one attached hydrogen (secondary N) is 4. The van der Waals surface area contributed by atoms with Gasteiger partial charge in [-0.25, -0.2) is 4.98 Å². The van der Waals surface area contributed by atoms with Crippen LogP contribution in [0.3, 0.4) is 0 Å². The maximum atomic E-state index is 12.3. The predicted molar refractivity (Wildman–Crippen MR) is 87.0 cm³/mol. The lowest BCUT2D eigenvalue weighted by molar-refractivity contribution is 0.102. The second kappa shape index (κ2) is 6.14. The van der Waals surface area contributed by atoms with Gasteiger partial charge in [0.25, 0.3) is 5.91 Å². The predicted octanol–water partition coefficient (Wildman–Crippen LogP) is 1.19. The molecule has 3 rings (SSSR count). The first-order valence-electron chi connectivity index (χ1n) is 6.90. The molecule has 8 nitrogen and oxygen atoms in total. The van der Waals surface area contributed by atoms with E-state index in [4.69, 9.17) is 11.1 Å². The standard InChI is InChI=1S/C15H15N7O/c16-15(17)19-7-9-1-3-10(4-2-9)14(23)21-12-5-6-18-13-11(12)8-20-22-13/h1-6,8H,7H2,(H4,16,17,19)(H2,18,20,21,22,23). The Kier molecular flexibility index (Phi) is 3.88. The minimum atomic E-state index is -0.218. The Hall–Kier alpha value is -3.42. The minimum Gasteiger partial charge on any atom is -0.370 e. The molecule has 0 saturated heterocycles. The van der Waals surface area contributed by atoms with Gasteiger partial charge in [0.15, 0.2) is 11.6 Å². The summed E-state index contributed by atoms with van der Waals surface area (Å²) in [4.78, 5) is 16.4. The molecule has 1 aromatic carbocycles. The largest absolute Gasteiger partial charge is 0.370 e. The third-order valence-electron chi connectivity index (χ3n) is 3.30. The second-order valence-corrected chi connectivity index (χ2v) is 4.91. The van der Waals surface area contributed by atoms with Crippen LogP contribution in [0, 0.1) is 5.41 Å². The van der Waals surface area contributed by atoms with Gasteiger partial charge in [-0.15, -0.1) is 0 Å². The lowest BCUT2D eigenvalue weighted by atomic mass is 10.1. The summed E-state index contributed by atoms with van der Waals surface area (Å²) in [6, 6.07) is 8.79. The fraction of sp³-hybridized carbons (Fsp3) is 0.0667. The molecule has 0 spiro atoms. The van der Waals surface area contributed by atoms with Crippen molar-refractivity contribution in [1.82, 2.24) is 20.5 Å². The number of pyridine rings is 1. The molecule has 8 heteroatoms. The molecule has 2 heterocycles. The fourth-order valence-corrected chi connectivity index (χ4v) is 2.13. The molecule has 6 N–H and O–H groups in total. The number of hydrogen-bond acceptors (Lipinski definition) is 4. The quantitative estimate of drug-likeness (QED) is 0.365. The number of hydrogen-bond donors (Lipinski definition) is 5. The van der Waals surface area contributed by atoms with E-state index in [0.29, 0.717) is 23.4 Å². The first-order chi connectivity index (χ1) is 11.1. The Bertz CT molecular complexity index is 854. The molecule has 0 bridgehead atoms. The van der Waals surface area contributed by atoms with Crippen LogP contribution in [0.2, 0.25) is 0 Å². The number of aromatic nitrogens is 3. The van der Waals surface area contributed by atoms with Crippen LogP contribution < -0.4 is 16.4 Å². The van der Waals surface area contributed by atoms with E-state index in [0.717, 1.165) is 10.9 Å². The lowest BCUT2D eigenvalue weighted by Crippen LogP contribution is -2.29. The molecule has 0 aliphatic heterocycles. The molecule has 0 unspecified atom stereocenters. The highest BCUT2D eigenvalue weighted by Gasteiger charge is 2.09. The van der Waals surface area contributed by atoms with Crippen molar-refractivity contribution < 1.29 is 4.79 Å². The van der Waals surface area contributed by atoms with Crippen LogP contribution in [0.5, 0.6) is 0 Å². The lowest BCUT2D eigenvalue weighted by Gasteiger charge is -2.07. The third-order valence-corrected chi connectivity index (χ3v) is 3.30. The van der Waals surface area contributed by atoms with E-state index >= 15 is 0 Å². The highest BCUT2D eigenvalue weighted by Crippen LogP contribution is 2.19. The van der Waals surface area contributed by atoms with Crippen molar-refractivity contribution in [2.45, 2.75) is 6.54 Å². The van der Waals surface area contributed by atoms with Gasteiger partial charge in [-0.1, -0.05) is 12.1 Å². The molecule has 0 aliphatic carbocycles. The molecule has 0 radical (unpaired) electrons. The zero-order chi connectivity index (χ0) is 16.2. The first-order valence-corrected chi connectivity index (χ1v) is 6.90. The molecular weight excluding hydrogens is 294 g/mol. The van der Waals surface area contributed by atoms with Crippen LogP contribution in [0.25, 0.3) is 11.0 Å². The highest BCUT2D eigenvalue weighted by atomic mass is 16.1. The summed E-state index contributed by atoms with van der Waals surface area (Å²) in [5.41, 5.74) is 7.97. The average Bonchev–Trinajstić information content (AvgIpc) is 3.03. The topological polar surface area (TPSA) is 133 Å². The highest BCUT2D eigenvalue weighted by molar-refractivity contribution is 6.08. The van der Waals surface area contributed by atoms with E-state index in [1.54, 1.807) is 30.6 Å². The molecule has 3 aromatic rings. The van der Waals surface area contributed by atoms with E-state index in [2.05, 4.69) is 25.8 Å². The van der Waals surface area contributed by atoms with Gasteiger partial charge in [-0.2, -0.15) is 5.10 Å². The normalized spacial score (nSPS) is 10.4. The molecule has 1 amide bonds. The monoisotopic (exact) mass is 309 g/mol. The summed E-state index contributed by atoms with van der Waals surface area (Å²) in [5.74, 6) is -0.307. The summed E-state index contributed by atoms with van der Waals surface area (Å²) in [7, 11) is 0. The van der Waals surface area contributed by atoms with Gasteiger partial charge in [-0.3, -0.25) is 15.3 Å². The smallest absolute Gasteiger partial charge is 0.255 e. The van der Waals surface area contributed by atoms with Gasteiger partial charge in [-0.05, 0) is 23.8 Å². The third kappa shape index (κ3) is 3.26. The molecule has 0 atom stereocenters. The van der Waals surface area contributed by atoms with Gasteiger partial charge in [0.05, 0.1) is 17.3 Å². The SMILES string of the molecule is N=C(N)NCc1ccc(C(=O)Nc2ccnc3[nH]ncc23)cc1. The summed E-state index contributed by atoms with van der Waals surface area (Å²) in [6.45, 7) is 0.442. The first kappa shape index (κ1) is 14.5. The van der Waals surface area contributed by atoms with Crippen molar-refractivity contribution in [2.24, 2.45) is 5.73 Å². The number of H-pyrrole nitrogens is 1. The number of nitrogens with two attached hydrogens (primary N) is 1. The Morgan fingerprint density at radius 3 is 2.78 bits per heavy atom. The molecule has 0 fully saturated rings. The summed E-state index contributed by atoms with van der Waals surface area (Å²) in [6.07, 6.45) is 3.22. The number of carbonyl (C=O) groups excluding carboxylic acids is 1. The van der Waals surface area contributed by atoms with Crippen LogP contribution in [0.15, 0.2) is 42.7 Å². The van der Waals surface area contributed by atoms with Crippen LogP contribution in [0.1, 0.15) is 15.9 Å². The number of nitrogens with zero attached hydrogens (tertiary/aromatic N) is 2. The van der Waals surface area contributed by atoms with Crippen LogP contribution in [-0.2, 0) is 6.54 Å². The summed E-state index contributed by atoms with van der Waals surface area (Å²) in [5, 5.41) is 20.1. The van der Waals surface area contributed by atoms with E-state index in [9.17, 15) is 4.79 Å². The Morgan fingerprint density at radius 2 is 2.04 bits per heavy atom. The van der Waals surface area contributed by atoms with Gasteiger partial charge < -0.3 is 16.4 Å². The van der Waals surface area contributed by atoms with Gasteiger partial charge in [0.2, 0.25) is 0 Å². The number of amides is 1. The zero-order valence-corrected chi connectivity index (χ0v) is 12.1. The van der Waals surface area contributed by atoms with Crippen molar-refractivity contribution >= 4 is 28.6 Å². The van der Waals surface area contributed by atoms with E-state index in [-0.39, 0.29) is 11.9 Å². The zero-order valence-electron chi connectivity index (χ0n) is 12.1. The molecule has 23 heavy (non-hydrogen) atoms. The van der Waals surface area contributed by atoms with Crippen LogP contribution >= 0.6 is 0 Å². The van der Waals surface area contributed by atoms with Crippen molar-refractivity contribution in [3.63, 3.8) is 0 Å². The number of fused-ring (bicyclic) bond motifs is 1. The second-order valence-electron chi connectivity index (χ2n) is 4.91. The van der Waals surface area contributed by atoms with Gasteiger partial charge >= 0.3 is 0 Å². The Labute approximate surface area is 131 Å². The number of carbonyl (C=O) groups is 1. The van der Waals surface area contributed by atoms with Gasteiger partial charge in [0, 0.05) is 18.3 Å². The number of anilines is 1. The number of aromatic amines is 1. The number of benzene rings is 1. The van der Waals surface area contributed by atoms with Gasteiger partial charge in [0.1, 0.15) is 0 Å². The van der Waals surface area contributed by atoms with E-state index < -0.39 is 0 Å². The van der Waals surface area contributed by atoms with Crippen molar-refractivity contribution in [2.75, 3.05) is 5.32 Å². The van der Waals surface area contributed by atoms with Crippen LogP contribution in [0.4, 0.5) is 5.69 Å². The molecule has 116 valence electrons. The van der Waals surface area contributed by atoms with E-state index in [1.165, 1.54) is 0 Å². The molecule has 0 aliphatic rings. The Balaban J connectivity index is 1.73. The maximum Gasteiger partial charge on any atom is 0.255 e. The fourth-order valence-electron chi connectivity index (χ4n) is 2.13. The number of guanidine groups is 1. The summed E-state index contributed by atoms with van der Waals surface area (Å²) < 4.78 is 0. The average molecular weight is 309 g/mol. The number of rotatable bonds is 4. The molecular formula is C15H15N7O.